The summed E-state index contributed by atoms with van der Waals surface area (Å²) < 4.78 is 2.55. The van der Waals surface area contributed by atoms with Crippen LogP contribution in [-0.2, 0) is 11.8 Å². The Bertz CT molecular complexity index is 3760. The summed E-state index contributed by atoms with van der Waals surface area (Å²) in [6.07, 6.45) is 6.81. The zero-order valence-corrected chi connectivity index (χ0v) is 36.4. The molecule has 0 fully saturated rings. The minimum atomic E-state index is -0.0773. The summed E-state index contributed by atoms with van der Waals surface area (Å²) >= 11 is 1.86. The lowest BCUT2D eigenvalue weighted by atomic mass is 9.82. The maximum atomic E-state index is 5.24. The minimum Gasteiger partial charge on any atom is -0.208 e. The molecule has 0 amide bonds. The smallest absolute Gasteiger partial charge is 0.164 e. The van der Waals surface area contributed by atoms with Crippen LogP contribution < -0.4 is 0 Å². The van der Waals surface area contributed by atoms with Gasteiger partial charge < -0.3 is 0 Å². The van der Waals surface area contributed by atoms with E-state index in [0.717, 1.165) is 35.1 Å². The molecule has 0 radical (unpaired) electrons. The van der Waals surface area contributed by atoms with Crippen molar-refractivity contribution in [2.75, 3.05) is 0 Å². The molecule has 0 aliphatic heterocycles. The van der Waals surface area contributed by atoms with E-state index in [1.165, 1.54) is 91.8 Å². The Kier molecular flexibility index (Phi) is 8.25. The Morgan fingerprint density at radius 1 is 0.422 bits per heavy atom. The molecule has 0 atom stereocenters. The highest BCUT2D eigenvalue weighted by Crippen LogP contribution is 2.50. The molecular weight excluding hydrogens is 795 g/mol. The second kappa shape index (κ2) is 14.2. The van der Waals surface area contributed by atoms with Crippen LogP contribution >= 0.6 is 11.3 Å². The molecule has 0 unspecified atom stereocenters. The predicted octanol–water partition coefficient (Wildman–Crippen LogP) is 16.1. The molecule has 0 spiro atoms. The Hall–Kier alpha value is -7.53. The highest BCUT2D eigenvalue weighted by molar-refractivity contribution is 7.26. The quantitative estimate of drug-likeness (QED) is 0.162. The third kappa shape index (κ3) is 5.76. The van der Waals surface area contributed by atoms with Crippen LogP contribution in [0, 0.1) is 0 Å². The molecular formula is C60H41N3S. The van der Waals surface area contributed by atoms with Crippen molar-refractivity contribution in [1.82, 2.24) is 15.0 Å². The Morgan fingerprint density at radius 3 is 1.92 bits per heavy atom. The summed E-state index contributed by atoms with van der Waals surface area (Å²) in [5.41, 5.74) is 15.6. The van der Waals surface area contributed by atoms with Gasteiger partial charge in [0, 0.05) is 42.3 Å². The van der Waals surface area contributed by atoms with Gasteiger partial charge in [-0.1, -0.05) is 166 Å². The third-order valence-electron chi connectivity index (χ3n) is 13.8. The van der Waals surface area contributed by atoms with E-state index in [-0.39, 0.29) is 5.41 Å². The van der Waals surface area contributed by atoms with Gasteiger partial charge in [0.05, 0.1) is 0 Å². The van der Waals surface area contributed by atoms with Gasteiger partial charge in [-0.05, 0) is 126 Å². The number of fused-ring (bicyclic) bond motifs is 12. The number of aryl methyl sites for hydroxylation is 1. The molecule has 2 heterocycles. The maximum Gasteiger partial charge on any atom is 0.164 e. The van der Waals surface area contributed by atoms with Crippen LogP contribution in [0.25, 0.3) is 115 Å². The highest BCUT2D eigenvalue weighted by atomic mass is 32.1. The van der Waals surface area contributed by atoms with E-state index in [0.29, 0.717) is 17.5 Å². The van der Waals surface area contributed by atoms with Crippen LogP contribution in [0.4, 0.5) is 0 Å². The van der Waals surface area contributed by atoms with Crippen molar-refractivity contribution < 1.29 is 0 Å². The molecule has 2 aromatic heterocycles. The minimum absolute atomic E-state index is 0.0773. The molecule has 64 heavy (non-hydrogen) atoms. The van der Waals surface area contributed by atoms with Gasteiger partial charge in [-0.3, -0.25) is 0 Å². The number of benzene rings is 9. The summed E-state index contributed by atoms with van der Waals surface area (Å²) in [7, 11) is 0. The Balaban J connectivity index is 0.934. The van der Waals surface area contributed by atoms with E-state index in [1.807, 2.05) is 29.5 Å². The maximum absolute atomic E-state index is 5.24. The first-order valence-corrected chi connectivity index (χ1v) is 23.0. The SMILES string of the molecule is CC1(C)c2ccccc2-c2cc(-c3nc(-c4ccccc4)nc(-c4cccc(-c5cccc6sc7ccc(-c8ccc9c%10c(c%11ccccc%11c9c8)C=CCC%10)cc7c56)c4)n3)ccc21. The molecule has 3 nitrogen and oxygen atoms in total. The fourth-order valence-corrected chi connectivity index (χ4v) is 11.8. The first-order valence-electron chi connectivity index (χ1n) is 22.2. The number of allylic oxidation sites excluding steroid dienone is 1. The number of rotatable bonds is 5. The molecule has 11 aromatic rings. The average Bonchev–Trinajstić information content (AvgIpc) is 3.85. The standard InChI is InChI=1S/C60H41N3S/c1-60(2)52-24-11-10-22-48(52)50-35-41(27-30-53(50)60)59-62-57(36-14-4-3-5-15-36)61-58(63-59)40-17-12-16-39(32-40)42-23-13-25-55-56(42)51-34-38(28-31-54(51)64-55)37-26-29-47-45-20-7-6-18-43(45)44-19-8-9-21-46(44)49(47)33-37/h3-6,8-19,21-35H,7,20H2,1-2H3. The molecule has 2 aliphatic carbocycles. The molecule has 9 aromatic carbocycles. The lowest BCUT2D eigenvalue weighted by Gasteiger charge is -2.21. The third-order valence-corrected chi connectivity index (χ3v) is 14.9. The summed E-state index contributed by atoms with van der Waals surface area (Å²) in [6.45, 7) is 4.62. The topological polar surface area (TPSA) is 38.7 Å². The van der Waals surface area contributed by atoms with Gasteiger partial charge in [-0.2, -0.15) is 0 Å². The zero-order chi connectivity index (χ0) is 42.5. The summed E-state index contributed by atoms with van der Waals surface area (Å²) in [5, 5.41) is 7.90. The van der Waals surface area contributed by atoms with Crippen molar-refractivity contribution in [2.45, 2.75) is 32.1 Å². The van der Waals surface area contributed by atoms with Crippen LogP contribution in [0.2, 0.25) is 0 Å². The fraction of sp³-hybridized carbons (Fsp3) is 0.0833. The van der Waals surface area contributed by atoms with Crippen LogP contribution in [0.15, 0.2) is 182 Å². The normalized spacial score (nSPS) is 13.7. The largest absolute Gasteiger partial charge is 0.208 e. The first-order chi connectivity index (χ1) is 31.5. The number of aromatic nitrogens is 3. The zero-order valence-electron chi connectivity index (χ0n) is 35.6. The van der Waals surface area contributed by atoms with E-state index in [9.17, 15) is 0 Å². The van der Waals surface area contributed by atoms with E-state index in [1.54, 1.807) is 0 Å². The monoisotopic (exact) mass is 835 g/mol. The van der Waals surface area contributed by atoms with Gasteiger partial charge in [0.15, 0.2) is 17.5 Å². The molecule has 2 aliphatic rings. The predicted molar refractivity (Wildman–Crippen MR) is 270 cm³/mol. The Labute approximate surface area is 376 Å². The summed E-state index contributed by atoms with van der Waals surface area (Å²) in [4.78, 5) is 15.5. The second-order valence-corrected chi connectivity index (χ2v) is 18.9. The summed E-state index contributed by atoms with van der Waals surface area (Å²) in [5.74, 6) is 1.97. The molecule has 0 bridgehead atoms. The van der Waals surface area contributed by atoms with Crippen molar-refractivity contribution in [3.8, 4) is 67.5 Å². The van der Waals surface area contributed by atoms with Gasteiger partial charge in [-0.15, -0.1) is 11.3 Å². The van der Waals surface area contributed by atoms with Gasteiger partial charge in [-0.25, -0.2) is 15.0 Å². The number of hydrogen-bond acceptors (Lipinski definition) is 4. The fourth-order valence-electron chi connectivity index (χ4n) is 10.6. The molecule has 13 rings (SSSR count). The van der Waals surface area contributed by atoms with Crippen molar-refractivity contribution in [3.05, 3.63) is 204 Å². The highest BCUT2D eigenvalue weighted by Gasteiger charge is 2.35. The number of hydrogen-bond donors (Lipinski definition) is 0. The molecule has 0 saturated heterocycles. The van der Waals surface area contributed by atoms with Crippen LogP contribution in [0.1, 0.15) is 42.5 Å². The van der Waals surface area contributed by atoms with Crippen molar-refractivity contribution in [2.24, 2.45) is 0 Å². The molecule has 0 N–H and O–H groups in total. The lowest BCUT2D eigenvalue weighted by molar-refractivity contribution is 0.660. The summed E-state index contributed by atoms with van der Waals surface area (Å²) in [6, 6.07) is 64.2. The van der Waals surface area contributed by atoms with E-state index in [2.05, 4.69) is 184 Å². The van der Waals surface area contributed by atoms with E-state index >= 15 is 0 Å². The van der Waals surface area contributed by atoms with E-state index in [4.69, 9.17) is 15.0 Å². The van der Waals surface area contributed by atoms with Crippen molar-refractivity contribution in [3.63, 3.8) is 0 Å². The van der Waals surface area contributed by atoms with Crippen molar-refractivity contribution in [1.29, 1.82) is 0 Å². The van der Waals surface area contributed by atoms with Crippen LogP contribution in [0.3, 0.4) is 0 Å². The first kappa shape index (κ1) is 37.1. The van der Waals surface area contributed by atoms with Crippen molar-refractivity contribution >= 4 is 59.1 Å². The average molecular weight is 836 g/mol. The van der Waals surface area contributed by atoms with Gasteiger partial charge in [0.2, 0.25) is 0 Å². The van der Waals surface area contributed by atoms with Crippen LogP contribution in [0.5, 0.6) is 0 Å². The lowest BCUT2D eigenvalue weighted by Crippen LogP contribution is -2.14. The van der Waals surface area contributed by atoms with Crippen LogP contribution in [-0.4, -0.2) is 15.0 Å². The van der Waals surface area contributed by atoms with Gasteiger partial charge in [0.1, 0.15) is 0 Å². The van der Waals surface area contributed by atoms with Gasteiger partial charge >= 0.3 is 0 Å². The molecule has 302 valence electrons. The number of nitrogens with zero attached hydrogens (tertiary/aromatic N) is 3. The van der Waals surface area contributed by atoms with Gasteiger partial charge in [0.25, 0.3) is 0 Å². The molecule has 4 heteroatoms. The van der Waals surface area contributed by atoms with E-state index < -0.39 is 0 Å². The molecule has 0 saturated carbocycles. The second-order valence-electron chi connectivity index (χ2n) is 17.8. The number of thiophene rings is 1. The Morgan fingerprint density at radius 2 is 1.06 bits per heavy atom.